The van der Waals surface area contributed by atoms with Crippen LogP contribution in [0.4, 0.5) is 4.39 Å². The zero-order chi connectivity index (χ0) is 13.4. The third-order valence-electron chi connectivity index (χ3n) is 3.34. The normalized spacial score (nSPS) is 19.0. The van der Waals surface area contributed by atoms with E-state index in [9.17, 15) is 4.39 Å². The first kappa shape index (κ1) is 12.9. The number of nitrogens with one attached hydrogen (secondary N) is 2. The molecule has 1 aromatic carbocycles. The average Bonchev–Trinajstić information content (AvgIpc) is 3.03. The van der Waals surface area contributed by atoms with E-state index in [1.807, 2.05) is 0 Å². The first-order valence-corrected chi connectivity index (χ1v) is 6.81. The molecule has 0 saturated carbocycles. The zero-order valence-electron chi connectivity index (χ0n) is 10.0. The molecule has 6 heteroatoms. The van der Waals surface area contributed by atoms with E-state index in [0.717, 1.165) is 25.3 Å². The Balaban J connectivity index is 1.96. The Labute approximate surface area is 120 Å². The lowest BCUT2D eigenvalue weighted by molar-refractivity contribution is 0.628. The minimum atomic E-state index is -0.486. The highest BCUT2D eigenvalue weighted by molar-refractivity contribution is 6.36. The Morgan fingerprint density at radius 2 is 2.11 bits per heavy atom. The van der Waals surface area contributed by atoms with Gasteiger partial charge in [0.1, 0.15) is 11.6 Å². The maximum atomic E-state index is 13.5. The number of halogens is 3. The number of rotatable bonds is 2. The van der Waals surface area contributed by atoms with Gasteiger partial charge < -0.3 is 10.3 Å². The van der Waals surface area contributed by atoms with Crippen LogP contribution in [-0.4, -0.2) is 23.1 Å². The van der Waals surface area contributed by atoms with E-state index in [1.54, 1.807) is 6.20 Å². The quantitative estimate of drug-likeness (QED) is 0.832. The van der Waals surface area contributed by atoms with Gasteiger partial charge in [-0.05, 0) is 25.1 Å². The van der Waals surface area contributed by atoms with Crippen molar-refractivity contribution in [3.63, 3.8) is 0 Å². The number of hydrogen-bond donors (Lipinski definition) is 2. The second-order valence-corrected chi connectivity index (χ2v) is 5.43. The van der Waals surface area contributed by atoms with Gasteiger partial charge in [-0.15, -0.1) is 0 Å². The average molecular weight is 300 g/mol. The molecule has 1 saturated heterocycles. The number of hydrogen-bond acceptors (Lipinski definition) is 2. The van der Waals surface area contributed by atoms with E-state index in [0.29, 0.717) is 22.2 Å². The van der Waals surface area contributed by atoms with Crippen LogP contribution < -0.4 is 5.32 Å². The van der Waals surface area contributed by atoms with Crippen molar-refractivity contribution in [2.45, 2.75) is 12.3 Å². The Morgan fingerprint density at radius 1 is 1.26 bits per heavy atom. The molecule has 1 atom stereocenters. The van der Waals surface area contributed by atoms with E-state index >= 15 is 0 Å². The molecule has 0 spiro atoms. The summed E-state index contributed by atoms with van der Waals surface area (Å²) in [7, 11) is 0. The predicted octanol–water partition coefficient (Wildman–Crippen LogP) is 3.60. The van der Waals surface area contributed by atoms with Gasteiger partial charge in [-0.1, -0.05) is 23.2 Å². The molecule has 1 unspecified atom stereocenters. The zero-order valence-corrected chi connectivity index (χ0v) is 11.5. The summed E-state index contributed by atoms with van der Waals surface area (Å²) in [6, 6.07) is 2.74. The molecule has 0 radical (unpaired) electrons. The second kappa shape index (κ2) is 5.12. The molecule has 100 valence electrons. The molecule has 2 heterocycles. The van der Waals surface area contributed by atoms with Gasteiger partial charge in [-0.2, -0.15) is 0 Å². The summed E-state index contributed by atoms with van der Waals surface area (Å²) >= 11 is 11.8. The number of benzene rings is 1. The van der Waals surface area contributed by atoms with Gasteiger partial charge in [0.15, 0.2) is 0 Å². The lowest BCUT2D eigenvalue weighted by atomic mass is 10.1. The topological polar surface area (TPSA) is 40.7 Å². The van der Waals surface area contributed by atoms with Gasteiger partial charge in [-0.25, -0.2) is 9.37 Å². The lowest BCUT2D eigenvalue weighted by Gasteiger charge is -2.05. The molecule has 2 aromatic rings. The monoisotopic (exact) mass is 299 g/mol. The highest BCUT2D eigenvalue weighted by Gasteiger charge is 2.20. The van der Waals surface area contributed by atoms with Crippen LogP contribution in [0.25, 0.3) is 11.3 Å². The van der Waals surface area contributed by atoms with Gasteiger partial charge in [0.05, 0.1) is 21.9 Å². The highest BCUT2D eigenvalue weighted by atomic mass is 35.5. The third kappa shape index (κ3) is 2.48. The van der Waals surface area contributed by atoms with Crippen molar-refractivity contribution in [1.82, 2.24) is 15.3 Å². The first-order chi connectivity index (χ1) is 9.15. The van der Waals surface area contributed by atoms with Crippen molar-refractivity contribution in [2.75, 3.05) is 13.1 Å². The highest BCUT2D eigenvalue weighted by Crippen LogP contribution is 2.32. The SMILES string of the molecule is Fc1cc(-c2cnc(C3CCNC3)[nH]2)c(Cl)cc1Cl. The Morgan fingerprint density at radius 3 is 2.84 bits per heavy atom. The summed E-state index contributed by atoms with van der Waals surface area (Å²) < 4.78 is 13.5. The Hall–Kier alpha value is -1.10. The fraction of sp³-hybridized carbons (Fsp3) is 0.308. The summed E-state index contributed by atoms with van der Waals surface area (Å²) in [5.41, 5.74) is 1.29. The molecule has 1 aromatic heterocycles. The molecule has 19 heavy (non-hydrogen) atoms. The summed E-state index contributed by atoms with van der Waals surface area (Å²) in [6.45, 7) is 1.91. The van der Waals surface area contributed by atoms with Gasteiger partial charge >= 0.3 is 0 Å². The molecule has 3 rings (SSSR count). The molecular weight excluding hydrogens is 288 g/mol. The van der Waals surface area contributed by atoms with E-state index < -0.39 is 5.82 Å². The number of imidazole rings is 1. The van der Waals surface area contributed by atoms with E-state index in [1.165, 1.54) is 12.1 Å². The van der Waals surface area contributed by atoms with Crippen LogP contribution in [0.1, 0.15) is 18.2 Å². The fourth-order valence-electron chi connectivity index (χ4n) is 2.30. The van der Waals surface area contributed by atoms with Crippen LogP contribution in [0.15, 0.2) is 18.3 Å². The van der Waals surface area contributed by atoms with Crippen molar-refractivity contribution in [3.8, 4) is 11.3 Å². The summed E-state index contributed by atoms with van der Waals surface area (Å²) in [4.78, 5) is 7.57. The van der Waals surface area contributed by atoms with E-state index in [2.05, 4.69) is 15.3 Å². The maximum Gasteiger partial charge on any atom is 0.142 e. The number of aromatic amines is 1. The van der Waals surface area contributed by atoms with Crippen LogP contribution in [0.2, 0.25) is 10.0 Å². The van der Waals surface area contributed by atoms with Crippen molar-refractivity contribution in [1.29, 1.82) is 0 Å². The van der Waals surface area contributed by atoms with E-state index in [-0.39, 0.29) is 5.02 Å². The van der Waals surface area contributed by atoms with Crippen molar-refractivity contribution in [2.24, 2.45) is 0 Å². The van der Waals surface area contributed by atoms with Gasteiger partial charge in [0.25, 0.3) is 0 Å². The van der Waals surface area contributed by atoms with Gasteiger partial charge in [-0.3, -0.25) is 0 Å². The Bertz CT molecular complexity index is 606. The number of nitrogens with zero attached hydrogens (tertiary/aromatic N) is 1. The number of H-pyrrole nitrogens is 1. The largest absolute Gasteiger partial charge is 0.342 e. The third-order valence-corrected chi connectivity index (χ3v) is 3.94. The summed E-state index contributed by atoms with van der Waals surface area (Å²) in [5.74, 6) is 0.802. The maximum absolute atomic E-state index is 13.5. The Kier molecular flexibility index (Phi) is 3.48. The van der Waals surface area contributed by atoms with E-state index in [4.69, 9.17) is 23.2 Å². The van der Waals surface area contributed by atoms with Gasteiger partial charge in [0.2, 0.25) is 0 Å². The minimum absolute atomic E-state index is 0.0217. The van der Waals surface area contributed by atoms with Crippen molar-refractivity contribution in [3.05, 3.63) is 40.0 Å². The van der Waals surface area contributed by atoms with Crippen LogP contribution in [0, 0.1) is 5.82 Å². The number of aromatic nitrogens is 2. The molecule has 1 aliphatic rings. The minimum Gasteiger partial charge on any atom is -0.342 e. The molecule has 1 aliphatic heterocycles. The second-order valence-electron chi connectivity index (χ2n) is 4.62. The molecular formula is C13H12Cl2FN3. The van der Waals surface area contributed by atoms with Crippen molar-refractivity contribution < 1.29 is 4.39 Å². The van der Waals surface area contributed by atoms with Gasteiger partial charge in [0, 0.05) is 18.0 Å². The predicted molar refractivity (Wildman–Crippen MR) is 74.2 cm³/mol. The van der Waals surface area contributed by atoms with Crippen LogP contribution in [0.5, 0.6) is 0 Å². The molecule has 0 amide bonds. The molecule has 0 aliphatic carbocycles. The first-order valence-electron chi connectivity index (χ1n) is 6.05. The molecule has 2 N–H and O–H groups in total. The summed E-state index contributed by atoms with van der Waals surface area (Å²) in [5, 5.41) is 3.71. The lowest BCUT2D eigenvalue weighted by Crippen LogP contribution is -2.08. The molecule has 1 fully saturated rings. The van der Waals surface area contributed by atoms with Crippen molar-refractivity contribution >= 4 is 23.2 Å². The smallest absolute Gasteiger partial charge is 0.142 e. The van der Waals surface area contributed by atoms with Crippen LogP contribution in [0.3, 0.4) is 0 Å². The molecule has 0 bridgehead atoms. The van der Waals surface area contributed by atoms with Crippen LogP contribution in [-0.2, 0) is 0 Å². The standard InChI is InChI=1S/C13H12Cl2FN3/c14-9-4-10(15)11(16)3-8(9)12-6-18-13(19-12)7-1-2-17-5-7/h3-4,6-7,17H,1-2,5H2,(H,18,19). The summed E-state index contributed by atoms with van der Waals surface area (Å²) in [6.07, 6.45) is 2.73. The van der Waals surface area contributed by atoms with Crippen LogP contribution >= 0.6 is 23.2 Å². The molecule has 3 nitrogen and oxygen atoms in total. The fourth-order valence-corrected chi connectivity index (χ4v) is 2.78.